The number of hydrogen-bond donors (Lipinski definition) is 2. The molecule has 1 aliphatic heterocycles. The van der Waals surface area contributed by atoms with E-state index in [1.54, 1.807) is 11.8 Å². The minimum Gasteiger partial charge on any atom is -0.352 e. The van der Waals surface area contributed by atoms with Gasteiger partial charge in [0.25, 0.3) is 0 Å². The summed E-state index contributed by atoms with van der Waals surface area (Å²) in [7, 11) is 0. The summed E-state index contributed by atoms with van der Waals surface area (Å²) < 4.78 is 0. The van der Waals surface area contributed by atoms with Crippen molar-refractivity contribution in [2.75, 3.05) is 31.9 Å². The van der Waals surface area contributed by atoms with E-state index in [0.717, 1.165) is 42.8 Å². The zero-order valence-electron chi connectivity index (χ0n) is 17.1. The summed E-state index contributed by atoms with van der Waals surface area (Å²) in [5.41, 5.74) is 1.98. The number of imidazole rings is 1. The van der Waals surface area contributed by atoms with Crippen LogP contribution in [0.4, 0.5) is 0 Å². The molecular weight excluding hydrogens is 386 g/mol. The molecule has 2 amide bonds. The molecule has 1 aromatic carbocycles. The lowest BCUT2D eigenvalue weighted by atomic mass is 10.2. The fraction of sp³-hybridized carbons (Fsp3) is 0.571. The lowest BCUT2D eigenvalue weighted by molar-refractivity contribution is -0.131. The predicted octanol–water partition coefficient (Wildman–Crippen LogP) is 2.17. The van der Waals surface area contributed by atoms with Gasteiger partial charge in [0.1, 0.15) is 5.82 Å². The number of thioether (sulfide) groups is 1. The Bertz CT molecular complexity index is 840. The van der Waals surface area contributed by atoms with Crippen molar-refractivity contribution in [3.63, 3.8) is 0 Å². The first-order chi connectivity index (χ1) is 14.0. The summed E-state index contributed by atoms with van der Waals surface area (Å²) in [6.45, 7) is 6.89. The number of aromatic amines is 1. The smallest absolute Gasteiger partial charge is 0.237 e. The van der Waals surface area contributed by atoms with Crippen LogP contribution in [0.2, 0.25) is 0 Å². The lowest BCUT2D eigenvalue weighted by Crippen LogP contribution is -2.55. The van der Waals surface area contributed by atoms with Crippen LogP contribution in [-0.4, -0.2) is 75.6 Å². The van der Waals surface area contributed by atoms with E-state index in [2.05, 4.69) is 27.1 Å². The van der Waals surface area contributed by atoms with E-state index in [4.69, 9.17) is 0 Å². The molecule has 7 nitrogen and oxygen atoms in total. The highest BCUT2D eigenvalue weighted by Crippen LogP contribution is 2.28. The highest BCUT2D eigenvalue weighted by Gasteiger charge is 2.31. The maximum atomic E-state index is 12.6. The van der Waals surface area contributed by atoms with Gasteiger partial charge in [0.15, 0.2) is 0 Å². The van der Waals surface area contributed by atoms with Gasteiger partial charge >= 0.3 is 0 Å². The van der Waals surface area contributed by atoms with E-state index in [0.29, 0.717) is 24.9 Å². The number of nitrogens with one attached hydrogen (secondary N) is 2. The topological polar surface area (TPSA) is 81.3 Å². The number of H-pyrrole nitrogens is 1. The molecule has 2 heterocycles. The van der Waals surface area contributed by atoms with Crippen LogP contribution < -0.4 is 5.32 Å². The minimum absolute atomic E-state index is 0.113. The van der Waals surface area contributed by atoms with Gasteiger partial charge in [-0.15, -0.1) is 11.8 Å². The Morgan fingerprint density at radius 2 is 1.93 bits per heavy atom. The van der Waals surface area contributed by atoms with Gasteiger partial charge in [-0.1, -0.05) is 12.1 Å². The number of benzene rings is 1. The zero-order chi connectivity index (χ0) is 20.4. The average Bonchev–Trinajstić information content (AvgIpc) is 3.45. The van der Waals surface area contributed by atoms with Gasteiger partial charge in [-0.3, -0.25) is 14.5 Å². The Morgan fingerprint density at radius 1 is 1.21 bits per heavy atom. The molecule has 2 aromatic rings. The number of carbonyl (C=O) groups is 2. The predicted molar refractivity (Wildman–Crippen MR) is 116 cm³/mol. The molecule has 1 aromatic heterocycles. The molecule has 2 N–H and O–H groups in total. The van der Waals surface area contributed by atoms with Gasteiger partial charge in [-0.25, -0.2) is 4.98 Å². The summed E-state index contributed by atoms with van der Waals surface area (Å²) >= 11 is 1.61. The third kappa shape index (κ3) is 4.93. The molecule has 2 aliphatic rings. The number of nitrogens with zero attached hydrogens (tertiary/aromatic N) is 3. The Balaban J connectivity index is 1.22. The summed E-state index contributed by atoms with van der Waals surface area (Å²) in [5, 5.41) is 3.19. The molecular formula is C21H29N5O2S. The van der Waals surface area contributed by atoms with Crippen LogP contribution in [0.5, 0.6) is 0 Å². The number of aromatic nitrogens is 2. The zero-order valence-corrected chi connectivity index (χ0v) is 17.9. The van der Waals surface area contributed by atoms with Gasteiger partial charge in [-0.05, 0) is 38.8 Å². The van der Waals surface area contributed by atoms with Crippen molar-refractivity contribution >= 4 is 34.6 Å². The fourth-order valence-electron chi connectivity index (χ4n) is 3.61. The average molecular weight is 416 g/mol. The van der Waals surface area contributed by atoms with Gasteiger partial charge in [0, 0.05) is 32.2 Å². The Morgan fingerprint density at radius 3 is 2.62 bits per heavy atom. The number of rotatable bonds is 7. The number of carbonyl (C=O) groups excluding carboxylic acids is 2. The normalized spacial score (nSPS) is 19.9. The van der Waals surface area contributed by atoms with E-state index in [1.165, 1.54) is 0 Å². The van der Waals surface area contributed by atoms with Crippen LogP contribution in [-0.2, 0) is 9.59 Å². The van der Waals surface area contributed by atoms with E-state index >= 15 is 0 Å². The third-order valence-electron chi connectivity index (χ3n) is 5.77. The monoisotopic (exact) mass is 415 g/mol. The molecule has 4 rings (SSSR count). The quantitative estimate of drug-likeness (QED) is 0.724. The highest BCUT2D eigenvalue weighted by molar-refractivity contribution is 8.00. The lowest BCUT2D eigenvalue weighted by Gasteiger charge is -2.37. The molecule has 0 spiro atoms. The van der Waals surface area contributed by atoms with Crippen LogP contribution in [0.3, 0.4) is 0 Å². The van der Waals surface area contributed by atoms with Crippen molar-refractivity contribution in [1.29, 1.82) is 0 Å². The van der Waals surface area contributed by atoms with Gasteiger partial charge in [0.05, 0.1) is 28.1 Å². The molecule has 29 heavy (non-hydrogen) atoms. The van der Waals surface area contributed by atoms with Crippen LogP contribution in [0, 0.1) is 0 Å². The second kappa shape index (κ2) is 8.75. The number of piperazine rings is 1. The molecule has 1 saturated heterocycles. The van der Waals surface area contributed by atoms with Crippen LogP contribution >= 0.6 is 11.8 Å². The minimum atomic E-state index is -0.129. The Hall–Kier alpha value is -2.06. The Labute approximate surface area is 175 Å². The van der Waals surface area contributed by atoms with Crippen molar-refractivity contribution in [3.05, 3.63) is 30.1 Å². The van der Waals surface area contributed by atoms with E-state index < -0.39 is 0 Å². The molecule has 0 radical (unpaired) electrons. The second-order valence-corrected chi connectivity index (χ2v) is 9.30. The van der Waals surface area contributed by atoms with Gasteiger partial charge in [-0.2, -0.15) is 0 Å². The SMILES string of the molecule is CC(SCC(=O)N1CCN(C(C)C(=O)NC2CC2)CC1)c1nc2ccccc2[nH]1. The number of amides is 2. The summed E-state index contributed by atoms with van der Waals surface area (Å²) in [6, 6.07) is 8.23. The van der Waals surface area contributed by atoms with E-state index in [1.807, 2.05) is 36.1 Å². The first kappa shape index (κ1) is 20.2. The molecule has 2 atom stereocenters. The molecule has 1 aliphatic carbocycles. The second-order valence-electron chi connectivity index (χ2n) is 7.97. The van der Waals surface area contributed by atoms with Crippen molar-refractivity contribution in [1.82, 2.24) is 25.1 Å². The van der Waals surface area contributed by atoms with Crippen molar-refractivity contribution in [3.8, 4) is 0 Å². The fourth-order valence-corrected chi connectivity index (χ4v) is 4.45. The first-order valence-corrected chi connectivity index (χ1v) is 11.4. The van der Waals surface area contributed by atoms with Crippen LogP contribution in [0.1, 0.15) is 37.8 Å². The van der Waals surface area contributed by atoms with E-state index in [9.17, 15) is 9.59 Å². The standard InChI is InChI=1S/C21H29N5O2S/c1-14(21(28)22-16-7-8-16)25-9-11-26(12-10-25)19(27)13-29-15(2)20-23-17-5-3-4-6-18(17)24-20/h3-6,14-16H,7-13H2,1-2H3,(H,22,28)(H,23,24). The molecule has 0 bridgehead atoms. The molecule has 8 heteroatoms. The number of hydrogen-bond acceptors (Lipinski definition) is 5. The van der Waals surface area contributed by atoms with E-state index in [-0.39, 0.29) is 23.1 Å². The maximum Gasteiger partial charge on any atom is 0.237 e. The number of fused-ring (bicyclic) bond motifs is 1. The van der Waals surface area contributed by atoms with Crippen LogP contribution in [0.15, 0.2) is 24.3 Å². The highest BCUT2D eigenvalue weighted by atomic mass is 32.2. The first-order valence-electron chi connectivity index (χ1n) is 10.4. The van der Waals surface area contributed by atoms with Gasteiger partial charge in [0.2, 0.25) is 11.8 Å². The van der Waals surface area contributed by atoms with Gasteiger partial charge < -0.3 is 15.2 Å². The third-order valence-corrected chi connectivity index (χ3v) is 6.90. The molecule has 2 unspecified atom stereocenters. The Kier molecular flexibility index (Phi) is 6.10. The molecule has 1 saturated carbocycles. The summed E-state index contributed by atoms with van der Waals surface area (Å²) in [4.78, 5) is 36.9. The van der Waals surface area contributed by atoms with Crippen molar-refractivity contribution in [2.24, 2.45) is 0 Å². The van der Waals surface area contributed by atoms with Crippen molar-refractivity contribution in [2.45, 2.75) is 44.0 Å². The molecule has 2 fully saturated rings. The maximum absolute atomic E-state index is 12.6. The summed E-state index contributed by atoms with van der Waals surface area (Å²) in [6.07, 6.45) is 2.20. The largest absolute Gasteiger partial charge is 0.352 e. The summed E-state index contributed by atoms with van der Waals surface area (Å²) in [5.74, 6) is 1.62. The van der Waals surface area contributed by atoms with Crippen molar-refractivity contribution < 1.29 is 9.59 Å². The number of para-hydroxylation sites is 2. The van der Waals surface area contributed by atoms with Crippen LogP contribution in [0.25, 0.3) is 11.0 Å². The molecule has 156 valence electrons.